The van der Waals surface area contributed by atoms with Gasteiger partial charge in [0.05, 0.1) is 12.3 Å². The van der Waals surface area contributed by atoms with E-state index in [4.69, 9.17) is 10.5 Å². The fourth-order valence-electron chi connectivity index (χ4n) is 1.98. The lowest BCUT2D eigenvalue weighted by molar-refractivity contribution is -0.144. The van der Waals surface area contributed by atoms with Crippen LogP contribution in [0.4, 0.5) is 0 Å². The summed E-state index contributed by atoms with van der Waals surface area (Å²) in [6, 6.07) is 3.54. The molecule has 0 spiro atoms. The van der Waals surface area contributed by atoms with E-state index in [1.807, 2.05) is 16.7 Å². The van der Waals surface area contributed by atoms with Crippen molar-refractivity contribution in [3.05, 3.63) is 35.8 Å². The first-order chi connectivity index (χ1) is 10.1. The van der Waals surface area contributed by atoms with Gasteiger partial charge in [0.1, 0.15) is 11.7 Å². The van der Waals surface area contributed by atoms with Gasteiger partial charge in [0.15, 0.2) is 0 Å². The van der Waals surface area contributed by atoms with Gasteiger partial charge in [0, 0.05) is 18.1 Å². The van der Waals surface area contributed by atoms with Gasteiger partial charge in [-0.25, -0.2) is 4.98 Å². The molecule has 1 unspecified atom stereocenters. The number of esters is 1. The predicted octanol–water partition coefficient (Wildman–Crippen LogP) is 2.16. The minimum atomic E-state index is -0.527. The van der Waals surface area contributed by atoms with E-state index in [9.17, 15) is 4.79 Å². The van der Waals surface area contributed by atoms with Crippen molar-refractivity contribution in [3.63, 3.8) is 0 Å². The number of pyridine rings is 1. The molecule has 6 heteroatoms. The molecule has 2 aromatic heterocycles. The third kappa shape index (κ3) is 4.47. The van der Waals surface area contributed by atoms with Crippen molar-refractivity contribution in [3.8, 4) is 0 Å². The Morgan fingerprint density at radius 2 is 2.29 bits per heavy atom. The van der Waals surface area contributed by atoms with E-state index in [1.54, 1.807) is 18.7 Å². The van der Waals surface area contributed by atoms with Crippen molar-refractivity contribution in [2.75, 3.05) is 12.4 Å². The molecule has 0 saturated carbocycles. The van der Waals surface area contributed by atoms with Crippen LogP contribution in [0, 0.1) is 6.92 Å². The number of hydrogen-bond donors (Lipinski definition) is 1. The zero-order valence-electron chi connectivity index (χ0n) is 12.4. The highest BCUT2D eigenvalue weighted by Gasteiger charge is 2.13. The van der Waals surface area contributed by atoms with Crippen LogP contribution in [0.5, 0.6) is 0 Å². The number of fused-ring (bicyclic) bond motifs is 1. The SMILES string of the molecule is CCOC(=O)C(N)CCSCc1cn2cc(C)ccc2n1. The van der Waals surface area contributed by atoms with Crippen molar-refractivity contribution < 1.29 is 9.53 Å². The molecule has 2 N–H and O–H groups in total. The molecular formula is C15H21N3O2S. The van der Waals surface area contributed by atoms with Gasteiger partial charge < -0.3 is 14.9 Å². The number of carbonyl (C=O) groups is 1. The maximum Gasteiger partial charge on any atom is 0.322 e. The summed E-state index contributed by atoms with van der Waals surface area (Å²) in [7, 11) is 0. The quantitative estimate of drug-likeness (QED) is 0.627. The Balaban J connectivity index is 1.78. The van der Waals surface area contributed by atoms with Crippen LogP contribution < -0.4 is 5.73 Å². The highest BCUT2D eigenvalue weighted by atomic mass is 32.2. The van der Waals surface area contributed by atoms with Gasteiger partial charge in [-0.2, -0.15) is 11.8 Å². The van der Waals surface area contributed by atoms with Gasteiger partial charge in [-0.1, -0.05) is 6.07 Å². The molecule has 0 aliphatic carbocycles. The Morgan fingerprint density at radius 3 is 3.05 bits per heavy atom. The Kier molecular flexibility index (Phi) is 5.64. The van der Waals surface area contributed by atoms with Crippen molar-refractivity contribution >= 4 is 23.4 Å². The van der Waals surface area contributed by atoms with Crippen molar-refractivity contribution in [2.24, 2.45) is 5.73 Å². The first kappa shape index (κ1) is 15.9. The number of carbonyl (C=O) groups excluding carboxylic acids is 1. The van der Waals surface area contributed by atoms with Crippen LogP contribution in [0.15, 0.2) is 24.5 Å². The lowest BCUT2D eigenvalue weighted by Gasteiger charge is -2.09. The van der Waals surface area contributed by atoms with Crippen LogP contribution >= 0.6 is 11.8 Å². The number of rotatable bonds is 7. The second-order valence-electron chi connectivity index (χ2n) is 4.90. The van der Waals surface area contributed by atoms with Crippen molar-refractivity contribution in [2.45, 2.75) is 32.1 Å². The van der Waals surface area contributed by atoms with Crippen molar-refractivity contribution in [1.29, 1.82) is 0 Å². The highest BCUT2D eigenvalue weighted by Crippen LogP contribution is 2.15. The lowest BCUT2D eigenvalue weighted by atomic mass is 10.2. The van der Waals surface area contributed by atoms with Crippen molar-refractivity contribution in [1.82, 2.24) is 9.38 Å². The molecule has 2 heterocycles. The van der Waals surface area contributed by atoms with E-state index < -0.39 is 6.04 Å². The van der Waals surface area contributed by atoms with Gasteiger partial charge in [0.25, 0.3) is 0 Å². The molecule has 114 valence electrons. The van der Waals surface area contributed by atoms with Crippen LogP contribution in [0.1, 0.15) is 24.6 Å². The molecule has 1 atom stereocenters. The smallest absolute Gasteiger partial charge is 0.322 e. The van der Waals surface area contributed by atoms with E-state index >= 15 is 0 Å². The van der Waals surface area contributed by atoms with Gasteiger partial charge in [-0.05, 0) is 37.7 Å². The lowest BCUT2D eigenvalue weighted by Crippen LogP contribution is -2.32. The molecule has 5 nitrogen and oxygen atoms in total. The summed E-state index contributed by atoms with van der Waals surface area (Å²) in [5.41, 5.74) is 8.96. The minimum absolute atomic E-state index is 0.318. The number of ether oxygens (including phenoxy) is 1. The largest absolute Gasteiger partial charge is 0.465 e. The zero-order chi connectivity index (χ0) is 15.2. The summed E-state index contributed by atoms with van der Waals surface area (Å²) < 4.78 is 6.92. The molecular weight excluding hydrogens is 286 g/mol. The molecule has 0 aliphatic heterocycles. The predicted molar refractivity (Wildman–Crippen MR) is 85.3 cm³/mol. The zero-order valence-corrected chi connectivity index (χ0v) is 13.2. The van der Waals surface area contributed by atoms with E-state index in [2.05, 4.69) is 24.2 Å². The van der Waals surface area contributed by atoms with Gasteiger partial charge in [-0.15, -0.1) is 0 Å². The summed E-state index contributed by atoms with van der Waals surface area (Å²) >= 11 is 1.73. The van der Waals surface area contributed by atoms with Crippen LogP contribution in [-0.2, 0) is 15.3 Å². The number of nitrogens with two attached hydrogens (primary N) is 1. The number of thioether (sulfide) groups is 1. The topological polar surface area (TPSA) is 69.6 Å². The van der Waals surface area contributed by atoms with E-state index in [0.29, 0.717) is 13.0 Å². The molecule has 0 radical (unpaired) electrons. The number of aromatic nitrogens is 2. The second kappa shape index (κ2) is 7.47. The van der Waals surface area contributed by atoms with Gasteiger partial charge in [-0.3, -0.25) is 4.79 Å². The Morgan fingerprint density at radius 1 is 1.48 bits per heavy atom. The molecule has 0 bridgehead atoms. The summed E-state index contributed by atoms with van der Waals surface area (Å²) in [6.45, 7) is 4.22. The first-order valence-electron chi connectivity index (χ1n) is 7.04. The normalized spacial score (nSPS) is 12.5. The number of hydrogen-bond acceptors (Lipinski definition) is 5. The highest BCUT2D eigenvalue weighted by molar-refractivity contribution is 7.98. The second-order valence-corrected chi connectivity index (χ2v) is 6.01. The van der Waals surface area contributed by atoms with E-state index in [0.717, 1.165) is 22.8 Å². The standard InChI is InChI=1S/C15H21N3O2S/c1-3-20-15(19)13(16)6-7-21-10-12-9-18-8-11(2)4-5-14(18)17-12/h4-5,8-9,13H,3,6-7,10,16H2,1-2H3. The fourth-order valence-corrected chi connectivity index (χ4v) is 2.89. The fraction of sp³-hybridized carbons (Fsp3) is 0.467. The monoisotopic (exact) mass is 307 g/mol. The molecule has 0 saturated heterocycles. The average molecular weight is 307 g/mol. The average Bonchev–Trinajstić information content (AvgIpc) is 2.85. The van der Waals surface area contributed by atoms with Crippen LogP contribution in [0.3, 0.4) is 0 Å². The maximum absolute atomic E-state index is 11.4. The first-order valence-corrected chi connectivity index (χ1v) is 8.20. The summed E-state index contributed by atoms with van der Waals surface area (Å²) in [5, 5.41) is 0. The van der Waals surface area contributed by atoms with Gasteiger partial charge >= 0.3 is 5.97 Å². The molecule has 2 rings (SSSR count). The number of nitrogens with zero attached hydrogens (tertiary/aromatic N) is 2. The summed E-state index contributed by atoms with van der Waals surface area (Å²) in [6.07, 6.45) is 4.73. The van der Waals surface area contributed by atoms with E-state index in [1.165, 1.54) is 5.56 Å². The van der Waals surface area contributed by atoms with Crippen LogP contribution in [0.25, 0.3) is 5.65 Å². The summed E-state index contributed by atoms with van der Waals surface area (Å²) in [4.78, 5) is 15.9. The number of aryl methyl sites for hydroxylation is 1. The minimum Gasteiger partial charge on any atom is -0.465 e. The molecule has 0 fully saturated rings. The molecule has 0 amide bonds. The maximum atomic E-state index is 11.4. The molecule has 2 aromatic rings. The Bertz CT molecular complexity index is 612. The Labute approximate surface area is 128 Å². The third-order valence-electron chi connectivity index (χ3n) is 3.06. The Hall–Kier alpha value is -1.53. The molecule has 0 aromatic carbocycles. The van der Waals surface area contributed by atoms with Gasteiger partial charge in [0.2, 0.25) is 0 Å². The molecule has 21 heavy (non-hydrogen) atoms. The summed E-state index contributed by atoms with van der Waals surface area (Å²) in [5.74, 6) is 1.31. The third-order valence-corrected chi connectivity index (χ3v) is 4.09. The van der Waals surface area contributed by atoms with Crippen LogP contribution in [-0.4, -0.2) is 33.8 Å². The number of imidazole rings is 1. The molecule has 0 aliphatic rings. The van der Waals surface area contributed by atoms with Crippen LogP contribution in [0.2, 0.25) is 0 Å². The van der Waals surface area contributed by atoms with E-state index in [-0.39, 0.29) is 5.97 Å².